The number of esters is 1. The molecule has 0 spiro atoms. The van der Waals surface area contributed by atoms with Gasteiger partial charge in [-0.1, -0.05) is 36.4 Å². The predicted molar refractivity (Wildman–Crippen MR) is 115 cm³/mol. The second-order valence-corrected chi connectivity index (χ2v) is 6.94. The van der Waals surface area contributed by atoms with Gasteiger partial charge in [0.2, 0.25) is 0 Å². The van der Waals surface area contributed by atoms with Crippen LogP contribution < -0.4 is 11.2 Å². The summed E-state index contributed by atoms with van der Waals surface area (Å²) in [6.07, 6.45) is 1.95. The zero-order valence-electron chi connectivity index (χ0n) is 17.0. The summed E-state index contributed by atoms with van der Waals surface area (Å²) in [5, 5.41) is 8.38. The summed E-state index contributed by atoms with van der Waals surface area (Å²) in [5.41, 5.74) is -0.140. The molecule has 2 N–H and O–H groups in total. The number of aromatic carboxylic acids is 1. The number of aromatic amines is 1. The van der Waals surface area contributed by atoms with Crippen molar-refractivity contribution in [3.63, 3.8) is 0 Å². The summed E-state index contributed by atoms with van der Waals surface area (Å²) < 4.78 is 12.3. The highest BCUT2D eigenvalue weighted by Crippen LogP contribution is 2.27. The molecule has 0 amide bonds. The van der Waals surface area contributed by atoms with Crippen LogP contribution in [0.3, 0.4) is 0 Å². The number of nitrogens with zero attached hydrogens (tertiary/aromatic N) is 1. The summed E-state index contributed by atoms with van der Waals surface area (Å²) in [7, 11) is 0. The first-order valence-corrected chi connectivity index (χ1v) is 9.91. The molecule has 0 radical (unpaired) electrons. The molecule has 3 aromatic rings. The van der Waals surface area contributed by atoms with Crippen LogP contribution in [-0.4, -0.2) is 39.3 Å². The van der Waals surface area contributed by atoms with Crippen LogP contribution in [0, 0.1) is 0 Å². The van der Waals surface area contributed by atoms with E-state index in [1.54, 1.807) is 54.6 Å². The topological polar surface area (TPSA) is 128 Å². The molecule has 32 heavy (non-hydrogen) atoms. The second-order valence-electron chi connectivity index (χ2n) is 6.94. The number of hydrogen-bond donors (Lipinski definition) is 2. The molecule has 1 fully saturated rings. The number of rotatable bonds is 5. The van der Waals surface area contributed by atoms with Gasteiger partial charge in [-0.25, -0.2) is 14.4 Å². The van der Waals surface area contributed by atoms with Crippen LogP contribution in [0.15, 0.2) is 82.5 Å². The van der Waals surface area contributed by atoms with Gasteiger partial charge in [-0.3, -0.25) is 14.3 Å². The Morgan fingerprint density at radius 1 is 0.969 bits per heavy atom. The quantitative estimate of drug-likeness (QED) is 0.586. The summed E-state index contributed by atoms with van der Waals surface area (Å²) in [4.78, 5) is 47.1. The van der Waals surface area contributed by atoms with Gasteiger partial charge in [0.05, 0.1) is 17.2 Å². The minimum Gasteiger partial charge on any atom is -0.478 e. The fraction of sp³-hybridized carbons (Fsp3) is 0.217. The van der Waals surface area contributed by atoms with Gasteiger partial charge in [0, 0.05) is 12.3 Å². The van der Waals surface area contributed by atoms with Gasteiger partial charge < -0.3 is 14.6 Å². The number of carboxylic acids is 1. The minimum absolute atomic E-state index is 0.127. The number of carboxylic acid groups (broad SMARTS) is 1. The van der Waals surface area contributed by atoms with E-state index < -0.39 is 29.4 Å². The van der Waals surface area contributed by atoms with E-state index in [0.29, 0.717) is 24.0 Å². The van der Waals surface area contributed by atoms with Crippen molar-refractivity contribution >= 4 is 11.9 Å². The highest BCUT2D eigenvalue weighted by Gasteiger charge is 2.28. The normalized spacial score (nSPS) is 17.1. The van der Waals surface area contributed by atoms with E-state index in [2.05, 4.69) is 4.98 Å². The summed E-state index contributed by atoms with van der Waals surface area (Å²) >= 11 is 0. The smallest absolute Gasteiger partial charge is 0.338 e. The van der Waals surface area contributed by atoms with Crippen molar-refractivity contribution in [1.29, 1.82) is 0 Å². The maximum Gasteiger partial charge on any atom is 0.338 e. The Morgan fingerprint density at radius 2 is 1.59 bits per heavy atom. The van der Waals surface area contributed by atoms with Gasteiger partial charge in [-0.2, -0.15) is 0 Å². The summed E-state index contributed by atoms with van der Waals surface area (Å²) in [5.74, 6) is -1.28. The van der Waals surface area contributed by atoms with E-state index in [-0.39, 0.29) is 12.7 Å². The zero-order chi connectivity index (χ0) is 22.9. The molecule has 0 saturated carbocycles. The summed E-state index contributed by atoms with van der Waals surface area (Å²) in [6.45, 7) is 0.127. The number of ether oxygens (including phenoxy) is 2. The van der Waals surface area contributed by atoms with Gasteiger partial charge in [-0.15, -0.1) is 0 Å². The molecule has 2 atom stereocenters. The molecule has 166 valence electrons. The van der Waals surface area contributed by atoms with Crippen molar-refractivity contribution in [2.24, 2.45) is 0 Å². The first kappa shape index (κ1) is 22.7. The molecule has 0 aliphatic carbocycles. The number of carbonyl (C=O) groups is 2. The van der Waals surface area contributed by atoms with Crippen LogP contribution in [0.5, 0.6) is 0 Å². The van der Waals surface area contributed by atoms with Crippen molar-refractivity contribution in [3.05, 3.63) is 105 Å². The molecule has 2 heterocycles. The third-order valence-corrected chi connectivity index (χ3v) is 4.68. The molecule has 9 heteroatoms. The van der Waals surface area contributed by atoms with E-state index in [1.807, 2.05) is 6.07 Å². The number of carbonyl (C=O) groups excluding carboxylic acids is 1. The van der Waals surface area contributed by atoms with E-state index in [1.165, 1.54) is 16.8 Å². The SMILES string of the molecule is O=C(O)c1ccccc1.O=C(OCC1CCC(n2ccc(=O)[nH]c2=O)O1)c1ccccc1. The predicted octanol–water partition coefficient (Wildman–Crippen LogP) is 2.46. The van der Waals surface area contributed by atoms with E-state index >= 15 is 0 Å². The maximum atomic E-state index is 11.9. The lowest BCUT2D eigenvalue weighted by Crippen LogP contribution is -2.31. The standard InChI is InChI=1S/C16H16N2O5.C7H6O2/c19-13-8-9-18(16(21)17-13)14-7-6-12(23-14)10-22-15(20)11-4-2-1-3-5-11;8-7(9)6-4-2-1-3-5-6/h1-5,8-9,12,14H,6-7,10H2,(H,17,19,21);1-5H,(H,8,9). The Bertz CT molecular complexity index is 1160. The van der Waals surface area contributed by atoms with Crippen LogP contribution in [0.25, 0.3) is 0 Å². The molecule has 4 rings (SSSR count). The van der Waals surface area contributed by atoms with Crippen molar-refractivity contribution in [2.45, 2.75) is 25.2 Å². The molecule has 0 bridgehead atoms. The molecule has 1 aliphatic rings. The van der Waals surface area contributed by atoms with E-state index in [0.717, 1.165) is 0 Å². The third kappa shape index (κ3) is 6.26. The lowest BCUT2D eigenvalue weighted by molar-refractivity contribution is -0.0340. The molecule has 9 nitrogen and oxygen atoms in total. The third-order valence-electron chi connectivity index (χ3n) is 4.68. The van der Waals surface area contributed by atoms with Crippen molar-refractivity contribution in [1.82, 2.24) is 9.55 Å². The van der Waals surface area contributed by atoms with Crippen molar-refractivity contribution in [3.8, 4) is 0 Å². The highest BCUT2D eigenvalue weighted by molar-refractivity contribution is 5.89. The first-order chi connectivity index (χ1) is 15.4. The Labute approximate surface area is 182 Å². The van der Waals surface area contributed by atoms with Crippen LogP contribution in [0.2, 0.25) is 0 Å². The van der Waals surface area contributed by atoms with Gasteiger partial charge >= 0.3 is 17.6 Å². The van der Waals surface area contributed by atoms with E-state index in [4.69, 9.17) is 14.6 Å². The Kier molecular flexibility index (Phi) is 7.71. The fourth-order valence-electron chi connectivity index (χ4n) is 3.07. The van der Waals surface area contributed by atoms with Gasteiger partial charge in [0.15, 0.2) is 0 Å². The minimum atomic E-state index is -0.879. The molecule has 2 unspecified atom stereocenters. The lowest BCUT2D eigenvalue weighted by Gasteiger charge is -2.15. The molecule has 1 aliphatic heterocycles. The Hall–Kier alpha value is -3.98. The fourth-order valence-corrected chi connectivity index (χ4v) is 3.07. The largest absolute Gasteiger partial charge is 0.478 e. The van der Waals surface area contributed by atoms with Crippen LogP contribution in [0.4, 0.5) is 0 Å². The molecular weight excluding hydrogens is 416 g/mol. The Morgan fingerprint density at radius 3 is 2.16 bits per heavy atom. The average molecular weight is 438 g/mol. The second kappa shape index (κ2) is 10.9. The van der Waals surface area contributed by atoms with E-state index in [9.17, 15) is 19.2 Å². The number of benzene rings is 2. The van der Waals surface area contributed by atoms with Gasteiger partial charge in [0.25, 0.3) is 5.56 Å². The summed E-state index contributed by atoms with van der Waals surface area (Å²) in [6, 6.07) is 18.3. The first-order valence-electron chi connectivity index (χ1n) is 9.91. The molecule has 2 aromatic carbocycles. The van der Waals surface area contributed by atoms with Crippen molar-refractivity contribution < 1.29 is 24.2 Å². The van der Waals surface area contributed by atoms with Crippen LogP contribution in [0.1, 0.15) is 39.8 Å². The van der Waals surface area contributed by atoms with Crippen molar-refractivity contribution in [2.75, 3.05) is 6.61 Å². The van der Waals surface area contributed by atoms with Gasteiger partial charge in [0.1, 0.15) is 12.8 Å². The van der Waals surface area contributed by atoms with Gasteiger partial charge in [-0.05, 0) is 37.1 Å². The average Bonchev–Trinajstić information content (AvgIpc) is 3.28. The number of nitrogens with one attached hydrogen (secondary N) is 1. The van der Waals surface area contributed by atoms with Crippen LogP contribution in [-0.2, 0) is 9.47 Å². The highest BCUT2D eigenvalue weighted by atomic mass is 16.6. The number of hydrogen-bond acceptors (Lipinski definition) is 6. The zero-order valence-corrected chi connectivity index (χ0v) is 17.0. The number of H-pyrrole nitrogens is 1. The Balaban J connectivity index is 0.000000269. The number of aromatic nitrogens is 2. The monoisotopic (exact) mass is 438 g/mol. The lowest BCUT2D eigenvalue weighted by atomic mass is 10.2. The molecule has 1 saturated heterocycles. The molecular formula is C23H22N2O7. The van der Waals surface area contributed by atoms with Crippen LogP contribution >= 0.6 is 0 Å². The molecule has 1 aromatic heterocycles. The maximum absolute atomic E-state index is 11.9.